The van der Waals surface area contributed by atoms with E-state index in [0.29, 0.717) is 0 Å². The van der Waals surface area contributed by atoms with E-state index < -0.39 is 21.8 Å². The highest BCUT2D eigenvalue weighted by Crippen LogP contribution is 2.10. The molecule has 0 heterocycles. The molecule has 0 saturated carbocycles. The maximum atomic E-state index is 11.1. The lowest BCUT2D eigenvalue weighted by molar-refractivity contribution is -0.140. The predicted octanol–water partition coefficient (Wildman–Crippen LogP) is 5.45. The minimum absolute atomic E-state index is 0.218. The Bertz CT molecular complexity index is 457. The van der Waals surface area contributed by atoms with Crippen molar-refractivity contribution in [3.8, 4) is 0 Å². The van der Waals surface area contributed by atoms with Gasteiger partial charge in [0.15, 0.2) is 5.75 Å². The molecule has 0 unspecified atom stereocenters. The molecule has 0 atom stereocenters. The average molecular weight is 391 g/mol. The molecule has 0 amide bonds. The zero-order valence-corrected chi connectivity index (χ0v) is 17.3. The number of ether oxygens (including phenoxy) is 1. The van der Waals surface area contributed by atoms with E-state index in [9.17, 15) is 13.2 Å². The lowest BCUT2D eigenvalue weighted by Crippen LogP contribution is -2.18. The van der Waals surface area contributed by atoms with Crippen molar-refractivity contribution in [2.75, 3.05) is 12.4 Å². The largest absolute Gasteiger partial charge is 0.465 e. The van der Waals surface area contributed by atoms with Crippen molar-refractivity contribution in [1.82, 2.24) is 0 Å². The van der Waals surface area contributed by atoms with Crippen LogP contribution < -0.4 is 0 Å². The zero-order valence-electron chi connectivity index (χ0n) is 16.5. The molecule has 0 fully saturated rings. The SMILES string of the molecule is CCCCCCCC/C=C\CCCCCCCCOC(=O)CS(=O)(=O)O. The van der Waals surface area contributed by atoms with Crippen LogP contribution in [0.1, 0.15) is 96.8 Å². The Morgan fingerprint density at radius 3 is 1.77 bits per heavy atom. The van der Waals surface area contributed by atoms with E-state index in [0.717, 1.165) is 25.7 Å². The number of hydrogen-bond donors (Lipinski definition) is 1. The number of rotatable bonds is 18. The summed E-state index contributed by atoms with van der Waals surface area (Å²) in [6.07, 6.45) is 21.5. The maximum absolute atomic E-state index is 11.1. The van der Waals surface area contributed by atoms with Crippen molar-refractivity contribution < 1.29 is 22.5 Å². The van der Waals surface area contributed by atoms with Gasteiger partial charge in [-0.05, 0) is 32.1 Å². The quantitative estimate of drug-likeness (QED) is 0.146. The Labute approximate surface area is 160 Å². The molecule has 154 valence electrons. The van der Waals surface area contributed by atoms with Crippen LogP contribution >= 0.6 is 0 Å². The van der Waals surface area contributed by atoms with Crippen LogP contribution in [0.15, 0.2) is 12.2 Å². The van der Waals surface area contributed by atoms with Crippen LogP contribution in [0.3, 0.4) is 0 Å². The Morgan fingerprint density at radius 1 is 0.808 bits per heavy atom. The van der Waals surface area contributed by atoms with E-state index in [4.69, 9.17) is 9.29 Å². The first-order chi connectivity index (χ1) is 12.5. The number of carbonyl (C=O) groups excluding carboxylic acids is 1. The molecule has 6 heteroatoms. The van der Waals surface area contributed by atoms with E-state index in [1.165, 1.54) is 64.2 Å². The monoisotopic (exact) mass is 390 g/mol. The highest BCUT2D eigenvalue weighted by atomic mass is 32.2. The van der Waals surface area contributed by atoms with Crippen molar-refractivity contribution in [2.24, 2.45) is 0 Å². The van der Waals surface area contributed by atoms with Crippen LogP contribution in [-0.4, -0.2) is 31.3 Å². The fraction of sp³-hybridized carbons (Fsp3) is 0.850. The van der Waals surface area contributed by atoms with E-state index in [1.54, 1.807) is 0 Å². The van der Waals surface area contributed by atoms with Gasteiger partial charge in [0, 0.05) is 0 Å². The molecule has 5 nitrogen and oxygen atoms in total. The summed E-state index contributed by atoms with van der Waals surface area (Å²) >= 11 is 0. The van der Waals surface area contributed by atoms with E-state index in [-0.39, 0.29) is 6.61 Å². The van der Waals surface area contributed by atoms with Gasteiger partial charge in [-0.2, -0.15) is 8.42 Å². The number of esters is 1. The fourth-order valence-corrected chi connectivity index (χ4v) is 3.11. The molecule has 0 spiro atoms. The minimum Gasteiger partial charge on any atom is -0.465 e. The van der Waals surface area contributed by atoms with Gasteiger partial charge in [-0.1, -0.05) is 76.9 Å². The van der Waals surface area contributed by atoms with E-state index in [1.807, 2.05) is 0 Å². The van der Waals surface area contributed by atoms with Gasteiger partial charge in [0.05, 0.1) is 6.61 Å². The summed E-state index contributed by atoms with van der Waals surface area (Å²) in [5.74, 6) is -1.85. The Morgan fingerprint density at radius 2 is 1.27 bits per heavy atom. The lowest BCUT2D eigenvalue weighted by atomic mass is 10.1. The van der Waals surface area contributed by atoms with Gasteiger partial charge in [0.1, 0.15) is 0 Å². The van der Waals surface area contributed by atoms with Crippen molar-refractivity contribution in [2.45, 2.75) is 96.8 Å². The molecule has 0 aromatic carbocycles. The standard InChI is InChI=1S/C20H38O5S/c1-2-3-4-5-6-7-8-9-10-11-12-13-14-15-16-17-18-25-20(21)19-26(22,23)24/h9-10H,2-8,11-19H2,1H3,(H,22,23,24)/b10-9-. The summed E-state index contributed by atoms with van der Waals surface area (Å²) in [6, 6.07) is 0. The smallest absolute Gasteiger partial charge is 0.323 e. The second kappa shape index (κ2) is 17.5. The van der Waals surface area contributed by atoms with Gasteiger partial charge in [-0.15, -0.1) is 0 Å². The number of hydrogen-bond acceptors (Lipinski definition) is 4. The third-order valence-electron chi connectivity index (χ3n) is 4.22. The molecule has 26 heavy (non-hydrogen) atoms. The van der Waals surface area contributed by atoms with Crippen molar-refractivity contribution in [3.05, 3.63) is 12.2 Å². The Kier molecular flexibility index (Phi) is 16.9. The Balaban J connectivity index is 3.24. The molecule has 0 aliphatic heterocycles. The zero-order chi connectivity index (χ0) is 19.5. The molecular formula is C20H38O5S. The number of unbranched alkanes of at least 4 members (excludes halogenated alkanes) is 12. The minimum atomic E-state index is -4.28. The highest BCUT2D eigenvalue weighted by Gasteiger charge is 2.13. The third-order valence-corrected chi connectivity index (χ3v) is 4.82. The lowest BCUT2D eigenvalue weighted by Gasteiger charge is -2.03. The van der Waals surface area contributed by atoms with Crippen LogP contribution in [-0.2, 0) is 19.6 Å². The summed E-state index contributed by atoms with van der Waals surface area (Å²) in [7, 11) is -4.28. The molecule has 0 radical (unpaired) electrons. The topological polar surface area (TPSA) is 80.7 Å². The average Bonchev–Trinajstić information content (AvgIpc) is 2.56. The second-order valence-corrected chi connectivity index (χ2v) is 8.34. The highest BCUT2D eigenvalue weighted by molar-refractivity contribution is 7.86. The number of allylic oxidation sites excluding steroid dienone is 2. The second-order valence-electron chi connectivity index (χ2n) is 6.88. The predicted molar refractivity (Wildman–Crippen MR) is 107 cm³/mol. The Hall–Kier alpha value is -0.880. The molecule has 0 aliphatic carbocycles. The van der Waals surface area contributed by atoms with Gasteiger partial charge >= 0.3 is 5.97 Å². The molecule has 0 aromatic heterocycles. The van der Waals surface area contributed by atoms with Gasteiger partial charge in [-0.25, -0.2) is 0 Å². The molecule has 0 rings (SSSR count). The normalized spacial score (nSPS) is 11.9. The first-order valence-electron chi connectivity index (χ1n) is 10.2. The van der Waals surface area contributed by atoms with E-state index >= 15 is 0 Å². The molecule has 1 N–H and O–H groups in total. The summed E-state index contributed by atoms with van der Waals surface area (Å²) in [5, 5.41) is 0. The van der Waals surface area contributed by atoms with Gasteiger partial charge < -0.3 is 4.74 Å². The van der Waals surface area contributed by atoms with Crippen molar-refractivity contribution in [3.63, 3.8) is 0 Å². The molecule has 0 bridgehead atoms. The van der Waals surface area contributed by atoms with Crippen molar-refractivity contribution >= 4 is 16.1 Å². The molecule has 0 aliphatic rings. The van der Waals surface area contributed by atoms with Crippen LogP contribution in [0.4, 0.5) is 0 Å². The van der Waals surface area contributed by atoms with E-state index in [2.05, 4.69) is 19.1 Å². The summed E-state index contributed by atoms with van der Waals surface area (Å²) in [6.45, 7) is 2.46. The van der Waals surface area contributed by atoms with Crippen LogP contribution in [0.25, 0.3) is 0 Å². The first-order valence-corrected chi connectivity index (χ1v) is 11.8. The van der Waals surface area contributed by atoms with Gasteiger partial charge in [-0.3, -0.25) is 9.35 Å². The van der Waals surface area contributed by atoms with Crippen LogP contribution in [0.5, 0.6) is 0 Å². The number of carbonyl (C=O) groups is 1. The van der Waals surface area contributed by atoms with Crippen molar-refractivity contribution in [1.29, 1.82) is 0 Å². The first kappa shape index (κ1) is 25.1. The van der Waals surface area contributed by atoms with Gasteiger partial charge in [0.25, 0.3) is 10.1 Å². The molecule has 0 saturated heterocycles. The summed E-state index contributed by atoms with van der Waals surface area (Å²) in [5.41, 5.74) is 0. The molecular weight excluding hydrogens is 352 g/mol. The fourth-order valence-electron chi connectivity index (χ4n) is 2.73. The van der Waals surface area contributed by atoms with Gasteiger partial charge in [0.2, 0.25) is 0 Å². The van der Waals surface area contributed by atoms with Crippen LogP contribution in [0.2, 0.25) is 0 Å². The summed E-state index contributed by atoms with van der Waals surface area (Å²) in [4.78, 5) is 11.1. The maximum Gasteiger partial charge on any atom is 0.323 e. The van der Waals surface area contributed by atoms with Crippen LogP contribution in [0, 0.1) is 0 Å². The molecule has 0 aromatic rings. The third kappa shape index (κ3) is 21.2. The summed E-state index contributed by atoms with van der Waals surface area (Å²) < 4.78 is 34.2.